The van der Waals surface area contributed by atoms with Crippen molar-refractivity contribution in [1.82, 2.24) is 0 Å². The van der Waals surface area contributed by atoms with Crippen LogP contribution in [0.4, 0.5) is 17.1 Å². The Kier molecular flexibility index (Phi) is 7.32. The molecular formula is C37H31NO4. The van der Waals surface area contributed by atoms with Crippen molar-refractivity contribution in [2.75, 3.05) is 4.90 Å². The highest BCUT2D eigenvalue weighted by atomic mass is 16.5. The molecule has 208 valence electrons. The summed E-state index contributed by atoms with van der Waals surface area (Å²) < 4.78 is 10.6. The van der Waals surface area contributed by atoms with Crippen molar-refractivity contribution in [3.63, 3.8) is 0 Å². The molecule has 0 saturated carbocycles. The van der Waals surface area contributed by atoms with E-state index in [9.17, 15) is 9.59 Å². The Morgan fingerprint density at radius 1 is 0.833 bits per heavy atom. The minimum absolute atomic E-state index is 0.178. The molecule has 0 aliphatic heterocycles. The monoisotopic (exact) mass is 553 g/mol. The Morgan fingerprint density at radius 3 is 2.14 bits per heavy atom. The number of nitrogens with zero attached hydrogens (tertiary/aromatic N) is 1. The Bertz CT molecular complexity index is 1790. The second kappa shape index (κ2) is 11.4. The molecule has 0 N–H and O–H groups in total. The van der Waals surface area contributed by atoms with E-state index in [-0.39, 0.29) is 13.2 Å². The molecule has 0 fully saturated rings. The second-order valence-electron chi connectivity index (χ2n) is 10.6. The van der Waals surface area contributed by atoms with Crippen LogP contribution < -0.4 is 4.90 Å². The second-order valence-corrected chi connectivity index (χ2v) is 10.6. The molecule has 0 heterocycles. The normalized spacial score (nSPS) is 12.8. The Morgan fingerprint density at radius 2 is 1.50 bits per heavy atom. The number of hydrogen-bond acceptors (Lipinski definition) is 5. The molecule has 0 bridgehead atoms. The van der Waals surface area contributed by atoms with Crippen molar-refractivity contribution in [3.05, 3.63) is 144 Å². The molecule has 5 nitrogen and oxygen atoms in total. The molecule has 0 saturated heterocycles. The number of benzene rings is 4. The standard InChI is InChI=1S/C37H31NO4/c1-4-34(39)41-22-25-8-16-31(17-9-25)38(32-18-10-26(11-19-32)23-42-37(40)24(2)3)33-20-29-14-12-27-6-5-7-28-13-15-30(21-33)36(29)35(27)28/h4-6,8-13,15-21H,1-2,7,14,22-23H2,3H3. The van der Waals surface area contributed by atoms with Gasteiger partial charge in [0.05, 0.1) is 0 Å². The zero-order valence-corrected chi connectivity index (χ0v) is 23.6. The van der Waals surface area contributed by atoms with E-state index >= 15 is 0 Å². The quantitative estimate of drug-likeness (QED) is 0.154. The van der Waals surface area contributed by atoms with Crippen LogP contribution in [0.3, 0.4) is 0 Å². The third-order valence-corrected chi connectivity index (χ3v) is 7.65. The lowest BCUT2D eigenvalue weighted by Crippen LogP contribution is -2.12. The zero-order chi connectivity index (χ0) is 29.2. The Labute approximate surface area is 245 Å². The van der Waals surface area contributed by atoms with Gasteiger partial charge >= 0.3 is 11.9 Å². The maximum Gasteiger partial charge on any atom is 0.333 e. The summed E-state index contributed by atoms with van der Waals surface area (Å²) in [5.74, 6) is -0.852. The first kappa shape index (κ1) is 27.0. The molecule has 5 heteroatoms. The van der Waals surface area contributed by atoms with E-state index in [0.717, 1.165) is 47.1 Å². The molecular weight excluding hydrogens is 522 g/mol. The van der Waals surface area contributed by atoms with Crippen molar-refractivity contribution in [3.8, 4) is 0 Å². The lowest BCUT2D eigenvalue weighted by Gasteiger charge is -2.29. The summed E-state index contributed by atoms with van der Waals surface area (Å²) in [4.78, 5) is 25.6. The number of ether oxygens (including phenoxy) is 2. The molecule has 4 aromatic rings. The van der Waals surface area contributed by atoms with E-state index in [1.54, 1.807) is 6.92 Å². The van der Waals surface area contributed by atoms with Crippen molar-refractivity contribution < 1.29 is 19.1 Å². The third-order valence-electron chi connectivity index (χ3n) is 7.65. The highest BCUT2D eigenvalue weighted by Crippen LogP contribution is 2.43. The molecule has 2 aliphatic carbocycles. The van der Waals surface area contributed by atoms with Gasteiger partial charge in [0.1, 0.15) is 13.2 Å². The molecule has 0 spiro atoms. The van der Waals surface area contributed by atoms with E-state index < -0.39 is 11.9 Å². The van der Waals surface area contributed by atoms with Gasteiger partial charge in [-0.2, -0.15) is 0 Å². The summed E-state index contributed by atoms with van der Waals surface area (Å²) in [5, 5.41) is 2.55. The SMILES string of the molecule is C=CC(=O)OCc1ccc(N(c2ccc(COC(=O)C(=C)C)cc2)c2cc3c4c5c(ccc4c2)CC=CC5=CC3)cc1. The van der Waals surface area contributed by atoms with Gasteiger partial charge in [0.15, 0.2) is 0 Å². The van der Waals surface area contributed by atoms with Crippen molar-refractivity contribution in [2.24, 2.45) is 0 Å². The summed E-state index contributed by atoms with van der Waals surface area (Å²) in [6, 6.07) is 25.0. The van der Waals surface area contributed by atoms with Gasteiger partial charge in [-0.15, -0.1) is 0 Å². The summed E-state index contributed by atoms with van der Waals surface area (Å²) >= 11 is 0. The number of carbonyl (C=O) groups is 2. The first-order valence-corrected chi connectivity index (χ1v) is 14.0. The highest BCUT2D eigenvalue weighted by molar-refractivity contribution is 6.04. The fraction of sp³-hybridized carbons (Fsp3) is 0.135. The van der Waals surface area contributed by atoms with Crippen LogP contribution in [-0.2, 0) is 45.1 Å². The maximum absolute atomic E-state index is 11.9. The number of carbonyl (C=O) groups excluding carboxylic acids is 2. The average Bonchev–Trinajstić information content (AvgIpc) is 3.02. The van der Waals surface area contributed by atoms with Crippen LogP contribution in [0.5, 0.6) is 0 Å². The number of allylic oxidation sites excluding steroid dienone is 4. The lowest BCUT2D eigenvalue weighted by molar-refractivity contribution is -0.140. The van der Waals surface area contributed by atoms with E-state index in [1.165, 1.54) is 33.0 Å². The van der Waals surface area contributed by atoms with Crippen LogP contribution in [0.2, 0.25) is 0 Å². The van der Waals surface area contributed by atoms with Crippen molar-refractivity contribution in [1.29, 1.82) is 0 Å². The van der Waals surface area contributed by atoms with E-state index in [1.807, 2.05) is 48.5 Å². The molecule has 0 radical (unpaired) electrons. The molecule has 6 rings (SSSR count). The fourth-order valence-corrected chi connectivity index (χ4v) is 5.57. The molecule has 2 aliphatic rings. The van der Waals surface area contributed by atoms with Gasteiger partial charge in [0.2, 0.25) is 0 Å². The van der Waals surface area contributed by atoms with Gasteiger partial charge in [-0.05, 0) is 100 Å². The van der Waals surface area contributed by atoms with Gasteiger partial charge in [-0.1, -0.05) is 67.8 Å². The molecule has 4 aromatic carbocycles. The number of rotatable bonds is 9. The highest BCUT2D eigenvalue weighted by Gasteiger charge is 2.22. The molecule has 0 unspecified atom stereocenters. The zero-order valence-electron chi connectivity index (χ0n) is 23.6. The first-order chi connectivity index (χ1) is 20.4. The van der Waals surface area contributed by atoms with Gasteiger partial charge in [0, 0.05) is 28.7 Å². The van der Waals surface area contributed by atoms with Gasteiger partial charge in [-0.3, -0.25) is 0 Å². The van der Waals surface area contributed by atoms with E-state index in [2.05, 4.69) is 60.6 Å². The Balaban J connectivity index is 1.39. The van der Waals surface area contributed by atoms with Crippen molar-refractivity contribution >= 4 is 45.3 Å². The first-order valence-electron chi connectivity index (χ1n) is 14.0. The topological polar surface area (TPSA) is 55.8 Å². The van der Waals surface area contributed by atoms with Gasteiger partial charge in [-0.25, -0.2) is 9.59 Å². The minimum Gasteiger partial charge on any atom is -0.458 e. The maximum atomic E-state index is 11.9. The number of esters is 2. The predicted octanol–water partition coefficient (Wildman–Crippen LogP) is 8.21. The Hall–Kier alpha value is -5.16. The van der Waals surface area contributed by atoms with Crippen LogP contribution in [0.15, 0.2) is 116 Å². The summed E-state index contributed by atoms with van der Waals surface area (Å²) in [5.41, 5.74) is 10.5. The van der Waals surface area contributed by atoms with Crippen LogP contribution in [0.1, 0.15) is 34.7 Å². The molecule has 0 atom stereocenters. The fourth-order valence-electron chi connectivity index (χ4n) is 5.57. The van der Waals surface area contributed by atoms with Crippen LogP contribution in [0.25, 0.3) is 16.3 Å². The van der Waals surface area contributed by atoms with Crippen molar-refractivity contribution in [2.45, 2.75) is 33.0 Å². The number of anilines is 3. The summed E-state index contributed by atoms with van der Waals surface area (Å²) in [6.45, 7) is 9.10. The largest absolute Gasteiger partial charge is 0.458 e. The predicted molar refractivity (Wildman–Crippen MR) is 168 cm³/mol. The summed E-state index contributed by atoms with van der Waals surface area (Å²) in [6.07, 6.45) is 9.80. The smallest absolute Gasteiger partial charge is 0.333 e. The van der Waals surface area contributed by atoms with Crippen LogP contribution in [-0.4, -0.2) is 11.9 Å². The molecule has 42 heavy (non-hydrogen) atoms. The summed E-state index contributed by atoms with van der Waals surface area (Å²) in [7, 11) is 0. The van der Waals surface area contributed by atoms with Crippen LogP contribution in [0, 0.1) is 0 Å². The lowest BCUT2D eigenvalue weighted by atomic mass is 9.81. The third kappa shape index (κ3) is 5.29. The molecule has 0 amide bonds. The van der Waals surface area contributed by atoms with Crippen LogP contribution >= 0.6 is 0 Å². The average molecular weight is 554 g/mol. The van der Waals surface area contributed by atoms with Gasteiger partial charge < -0.3 is 14.4 Å². The molecule has 0 aromatic heterocycles. The van der Waals surface area contributed by atoms with E-state index in [4.69, 9.17) is 9.47 Å². The minimum atomic E-state index is -0.449. The number of hydrogen-bond donors (Lipinski definition) is 0. The van der Waals surface area contributed by atoms with Gasteiger partial charge in [0.25, 0.3) is 0 Å². The van der Waals surface area contributed by atoms with E-state index in [0.29, 0.717) is 5.57 Å².